The number of aliphatic carboxylic acids is 1. The van der Waals surface area contributed by atoms with Crippen LogP contribution in [0.3, 0.4) is 0 Å². The van der Waals surface area contributed by atoms with Gasteiger partial charge in [0.15, 0.2) is 6.29 Å². The second-order valence-corrected chi connectivity index (χ2v) is 11.8. The Hall–Kier alpha value is -3.60. The average Bonchev–Trinajstić information content (AvgIpc) is 3.42. The van der Waals surface area contributed by atoms with Gasteiger partial charge in [0.1, 0.15) is 6.04 Å². The summed E-state index contributed by atoms with van der Waals surface area (Å²) in [4.78, 5) is 30.2. The number of amides is 1. The zero-order valence-corrected chi connectivity index (χ0v) is 25.1. The van der Waals surface area contributed by atoms with Gasteiger partial charge in [0, 0.05) is 24.3 Å². The standard InChI is InChI=1S/C33H39N3O5S/c1-22(2)21-40-23(3)41-36-32(37)31-17-28-14-13-27(16-30(28)42-31)19-34-18-25-9-11-26(12-10-25)20-35-29(33(38)39)15-24-7-5-4-6-8-24/h4-14,16-17,22-23,29,34-35H,15,18-21H2,1-3H3,(H,36,37)(H,38,39)/t23?,29-/m0/s1. The van der Waals surface area contributed by atoms with Crippen LogP contribution in [0.25, 0.3) is 10.1 Å². The SMILES string of the molecule is CC(C)COC(C)ONC(=O)c1cc2ccc(CNCc3ccc(CN[C@@H](Cc4ccccc4)C(=O)O)cc3)cc2s1. The van der Waals surface area contributed by atoms with Gasteiger partial charge in [-0.25, -0.2) is 10.3 Å². The van der Waals surface area contributed by atoms with Crippen LogP contribution in [0.1, 0.15) is 52.7 Å². The van der Waals surface area contributed by atoms with Crippen molar-refractivity contribution >= 4 is 33.3 Å². The Balaban J connectivity index is 1.22. The van der Waals surface area contributed by atoms with E-state index < -0.39 is 18.3 Å². The normalized spacial score (nSPS) is 12.9. The molecule has 1 unspecified atom stereocenters. The Kier molecular flexibility index (Phi) is 11.6. The third-order valence-electron chi connectivity index (χ3n) is 6.60. The highest BCUT2D eigenvalue weighted by molar-refractivity contribution is 7.20. The van der Waals surface area contributed by atoms with Crippen LogP contribution in [-0.4, -0.2) is 35.9 Å². The topological polar surface area (TPSA) is 109 Å². The van der Waals surface area contributed by atoms with Gasteiger partial charge in [0.25, 0.3) is 5.91 Å². The highest BCUT2D eigenvalue weighted by Gasteiger charge is 2.17. The van der Waals surface area contributed by atoms with E-state index in [0.29, 0.717) is 43.5 Å². The first-order chi connectivity index (χ1) is 20.3. The zero-order valence-electron chi connectivity index (χ0n) is 24.3. The summed E-state index contributed by atoms with van der Waals surface area (Å²) in [6, 6.07) is 25.2. The van der Waals surface area contributed by atoms with Crippen molar-refractivity contribution in [3.8, 4) is 0 Å². The number of hydroxylamine groups is 1. The van der Waals surface area contributed by atoms with Crippen molar-refractivity contribution in [2.24, 2.45) is 5.92 Å². The molecular formula is C33H39N3O5S. The largest absolute Gasteiger partial charge is 0.480 e. The van der Waals surface area contributed by atoms with Crippen LogP contribution in [-0.2, 0) is 40.4 Å². The average molecular weight is 590 g/mol. The van der Waals surface area contributed by atoms with E-state index in [-0.39, 0.29) is 5.91 Å². The number of rotatable bonds is 16. The molecular weight excluding hydrogens is 550 g/mol. The summed E-state index contributed by atoms with van der Waals surface area (Å²) in [6.45, 7) is 8.29. The molecule has 4 aromatic rings. The number of carbonyl (C=O) groups is 2. The molecule has 0 saturated carbocycles. The van der Waals surface area contributed by atoms with E-state index in [2.05, 4.69) is 54.2 Å². The first-order valence-electron chi connectivity index (χ1n) is 14.2. The first-order valence-corrected chi connectivity index (χ1v) is 15.0. The highest BCUT2D eigenvalue weighted by Crippen LogP contribution is 2.27. The summed E-state index contributed by atoms with van der Waals surface area (Å²) in [6.07, 6.45) is -0.0865. The number of thiophene rings is 1. The van der Waals surface area contributed by atoms with Crippen molar-refractivity contribution in [2.75, 3.05) is 6.61 Å². The molecule has 4 N–H and O–H groups in total. The number of hydrogen-bond donors (Lipinski definition) is 4. The van der Waals surface area contributed by atoms with Crippen molar-refractivity contribution in [3.63, 3.8) is 0 Å². The molecule has 0 aliphatic rings. The molecule has 1 amide bonds. The van der Waals surface area contributed by atoms with Gasteiger partial charge >= 0.3 is 5.97 Å². The molecule has 0 bridgehead atoms. The molecule has 0 fully saturated rings. The van der Waals surface area contributed by atoms with Crippen molar-refractivity contribution in [3.05, 3.63) is 106 Å². The number of hydrogen-bond acceptors (Lipinski definition) is 7. The van der Waals surface area contributed by atoms with Crippen LogP contribution in [0.4, 0.5) is 0 Å². The molecule has 3 aromatic carbocycles. The molecule has 0 aliphatic heterocycles. The second kappa shape index (κ2) is 15.6. The van der Waals surface area contributed by atoms with Gasteiger partial charge in [-0.1, -0.05) is 80.6 Å². The number of nitrogens with one attached hydrogen (secondary N) is 3. The predicted octanol–water partition coefficient (Wildman–Crippen LogP) is 5.66. The quantitative estimate of drug-likeness (QED) is 0.0987. The van der Waals surface area contributed by atoms with Crippen LogP contribution < -0.4 is 16.1 Å². The number of fused-ring (bicyclic) bond motifs is 1. The number of benzene rings is 3. The fourth-order valence-corrected chi connectivity index (χ4v) is 5.32. The summed E-state index contributed by atoms with van der Waals surface area (Å²) in [5, 5.41) is 17.3. The van der Waals surface area contributed by atoms with Gasteiger partial charge in [-0.05, 0) is 59.0 Å². The Morgan fingerprint density at radius 1 is 0.833 bits per heavy atom. The molecule has 1 aromatic heterocycles. The molecule has 0 aliphatic carbocycles. The summed E-state index contributed by atoms with van der Waals surface area (Å²) < 4.78 is 6.56. The molecule has 8 nitrogen and oxygen atoms in total. The highest BCUT2D eigenvalue weighted by atomic mass is 32.1. The van der Waals surface area contributed by atoms with Crippen LogP contribution in [0, 0.1) is 5.92 Å². The monoisotopic (exact) mass is 589 g/mol. The smallest absolute Gasteiger partial charge is 0.321 e. The molecule has 2 atom stereocenters. The summed E-state index contributed by atoms with van der Waals surface area (Å²) in [7, 11) is 0. The minimum atomic E-state index is -0.855. The van der Waals surface area contributed by atoms with Gasteiger partial charge < -0.3 is 20.5 Å². The van der Waals surface area contributed by atoms with Crippen molar-refractivity contribution in [1.82, 2.24) is 16.1 Å². The number of carboxylic acids is 1. The van der Waals surface area contributed by atoms with E-state index in [9.17, 15) is 14.7 Å². The molecule has 4 rings (SSSR count). The number of ether oxygens (including phenoxy) is 1. The lowest BCUT2D eigenvalue weighted by Gasteiger charge is -2.15. The van der Waals surface area contributed by atoms with Crippen molar-refractivity contribution in [1.29, 1.82) is 0 Å². The molecule has 0 spiro atoms. The molecule has 9 heteroatoms. The Labute approximate surface area is 251 Å². The minimum Gasteiger partial charge on any atom is -0.480 e. The van der Waals surface area contributed by atoms with Crippen LogP contribution in [0.2, 0.25) is 0 Å². The van der Waals surface area contributed by atoms with Gasteiger partial charge in [0.2, 0.25) is 0 Å². The molecule has 42 heavy (non-hydrogen) atoms. The third-order valence-corrected chi connectivity index (χ3v) is 7.70. The molecule has 0 radical (unpaired) electrons. The van der Waals surface area contributed by atoms with Crippen LogP contribution >= 0.6 is 11.3 Å². The van der Waals surface area contributed by atoms with Crippen LogP contribution in [0.5, 0.6) is 0 Å². The lowest BCUT2D eigenvalue weighted by atomic mass is 10.1. The maximum atomic E-state index is 12.5. The summed E-state index contributed by atoms with van der Waals surface area (Å²) in [5.74, 6) is -0.757. The van der Waals surface area contributed by atoms with Crippen molar-refractivity contribution < 1.29 is 24.3 Å². The minimum absolute atomic E-state index is 0.288. The summed E-state index contributed by atoms with van der Waals surface area (Å²) >= 11 is 1.43. The lowest BCUT2D eigenvalue weighted by molar-refractivity contribution is -0.163. The van der Waals surface area contributed by atoms with E-state index in [1.54, 1.807) is 6.92 Å². The van der Waals surface area contributed by atoms with E-state index >= 15 is 0 Å². The maximum absolute atomic E-state index is 12.5. The van der Waals surface area contributed by atoms with Gasteiger partial charge in [-0.3, -0.25) is 9.59 Å². The lowest BCUT2D eigenvalue weighted by Crippen LogP contribution is -2.38. The zero-order chi connectivity index (χ0) is 29.9. The maximum Gasteiger partial charge on any atom is 0.321 e. The van der Waals surface area contributed by atoms with Gasteiger partial charge in [-0.15, -0.1) is 11.3 Å². The van der Waals surface area contributed by atoms with Gasteiger partial charge in [-0.2, -0.15) is 0 Å². The van der Waals surface area contributed by atoms with E-state index in [1.807, 2.05) is 54.6 Å². The fourth-order valence-electron chi connectivity index (χ4n) is 4.31. The van der Waals surface area contributed by atoms with E-state index in [4.69, 9.17) is 9.57 Å². The number of carboxylic acid groups (broad SMARTS) is 1. The summed E-state index contributed by atoms with van der Waals surface area (Å²) in [5.41, 5.74) is 6.78. The Morgan fingerprint density at radius 2 is 1.50 bits per heavy atom. The molecule has 222 valence electrons. The first kappa shape index (κ1) is 31.3. The Morgan fingerprint density at radius 3 is 2.19 bits per heavy atom. The van der Waals surface area contributed by atoms with Crippen LogP contribution in [0.15, 0.2) is 78.9 Å². The Bertz CT molecular complexity index is 1440. The number of carbonyl (C=O) groups excluding carboxylic acids is 1. The molecule has 0 saturated heterocycles. The second-order valence-electron chi connectivity index (χ2n) is 10.7. The molecule has 1 heterocycles. The van der Waals surface area contributed by atoms with Crippen molar-refractivity contribution in [2.45, 2.75) is 59.2 Å². The van der Waals surface area contributed by atoms with Gasteiger partial charge in [0.05, 0.1) is 11.5 Å². The fraction of sp³-hybridized carbons (Fsp3) is 0.333. The predicted molar refractivity (Wildman–Crippen MR) is 166 cm³/mol. The van der Waals surface area contributed by atoms with E-state index in [1.165, 1.54) is 11.3 Å². The van der Waals surface area contributed by atoms with E-state index in [0.717, 1.165) is 32.3 Å². The third kappa shape index (κ3) is 9.75.